The predicted octanol–water partition coefficient (Wildman–Crippen LogP) is 0.857. The van der Waals surface area contributed by atoms with E-state index in [-0.39, 0.29) is 17.2 Å². The zero-order valence-corrected chi connectivity index (χ0v) is 13.8. The van der Waals surface area contributed by atoms with E-state index in [0.29, 0.717) is 12.1 Å². The number of hydrogen-bond acceptors (Lipinski definition) is 4. The average Bonchev–Trinajstić information content (AvgIpc) is 2.95. The van der Waals surface area contributed by atoms with Crippen molar-refractivity contribution in [2.45, 2.75) is 29.8 Å². The van der Waals surface area contributed by atoms with Crippen molar-refractivity contribution in [2.75, 3.05) is 0 Å². The van der Waals surface area contributed by atoms with Crippen molar-refractivity contribution in [3.8, 4) is 0 Å². The van der Waals surface area contributed by atoms with E-state index in [1.165, 1.54) is 18.2 Å². The first-order chi connectivity index (χ1) is 11.4. The van der Waals surface area contributed by atoms with Crippen LogP contribution in [0.25, 0.3) is 0 Å². The van der Waals surface area contributed by atoms with Crippen molar-refractivity contribution in [2.24, 2.45) is 7.05 Å². The Morgan fingerprint density at radius 2 is 2.17 bits per heavy atom. The number of hydrogen-bond donors (Lipinski definition) is 2. The minimum absolute atomic E-state index is 0.150. The summed E-state index contributed by atoms with van der Waals surface area (Å²) in [6.45, 7) is 0. The molecule has 0 saturated carbocycles. The number of carbonyl (C=O) groups excluding carboxylic acids is 1. The molecule has 0 radical (unpaired) electrons. The lowest BCUT2D eigenvalue weighted by atomic mass is 9.96. The SMILES string of the molecule is Cn1nccc1[C@@H]1NC(=O)CC[C@H]1NS(=O)(=O)c1cccc(F)c1. The number of nitrogens with one attached hydrogen (secondary N) is 2. The number of amides is 1. The smallest absolute Gasteiger partial charge is 0.241 e. The summed E-state index contributed by atoms with van der Waals surface area (Å²) in [5, 5.41) is 6.85. The Kier molecular flexibility index (Phi) is 4.37. The van der Waals surface area contributed by atoms with Gasteiger partial charge < -0.3 is 5.32 Å². The quantitative estimate of drug-likeness (QED) is 0.853. The van der Waals surface area contributed by atoms with E-state index in [0.717, 1.165) is 6.07 Å². The summed E-state index contributed by atoms with van der Waals surface area (Å²) in [7, 11) is -2.19. The summed E-state index contributed by atoms with van der Waals surface area (Å²) >= 11 is 0. The number of sulfonamides is 1. The molecule has 128 valence electrons. The Morgan fingerprint density at radius 1 is 1.38 bits per heavy atom. The Morgan fingerprint density at radius 3 is 2.83 bits per heavy atom. The molecule has 0 spiro atoms. The summed E-state index contributed by atoms with van der Waals surface area (Å²) in [6, 6.07) is 5.44. The number of aromatic nitrogens is 2. The van der Waals surface area contributed by atoms with E-state index in [2.05, 4.69) is 15.1 Å². The van der Waals surface area contributed by atoms with Crippen molar-refractivity contribution in [1.29, 1.82) is 0 Å². The van der Waals surface area contributed by atoms with Gasteiger partial charge in [-0.2, -0.15) is 5.10 Å². The molecule has 1 aromatic carbocycles. The van der Waals surface area contributed by atoms with Gasteiger partial charge in [0.25, 0.3) is 0 Å². The maximum Gasteiger partial charge on any atom is 0.241 e. The van der Waals surface area contributed by atoms with Gasteiger partial charge in [-0.05, 0) is 30.7 Å². The second kappa shape index (κ2) is 6.33. The molecule has 3 rings (SSSR count). The van der Waals surface area contributed by atoms with Gasteiger partial charge in [-0.15, -0.1) is 0 Å². The first-order valence-electron chi connectivity index (χ1n) is 7.42. The van der Waals surface area contributed by atoms with Gasteiger partial charge in [-0.1, -0.05) is 6.07 Å². The van der Waals surface area contributed by atoms with E-state index in [1.54, 1.807) is 24.0 Å². The number of halogens is 1. The molecule has 1 aliphatic heterocycles. The summed E-state index contributed by atoms with van der Waals surface area (Å²) < 4.78 is 42.5. The first kappa shape index (κ1) is 16.6. The number of piperidine rings is 1. The molecule has 1 aromatic heterocycles. The highest BCUT2D eigenvalue weighted by Crippen LogP contribution is 2.25. The standard InChI is InChI=1S/C15H17FN4O3S/c1-20-13(7-8-17-20)15-12(5-6-14(21)18-15)19-24(22,23)11-4-2-3-10(16)9-11/h2-4,7-9,12,15,19H,5-6H2,1H3,(H,18,21)/t12-,15-/m1/s1. The second-order valence-electron chi connectivity index (χ2n) is 5.65. The van der Waals surface area contributed by atoms with Gasteiger partial charge in [0.1, 0.15) is 5.82 Å². The van der Waals surface area contributed by atoms with Crippen LogP contribution in [0.4, 0.5) is 4.39 Å². The highest BCUT2D eigenvalue weighted by Gasteiger charge is 2.34. The van der Waals surface area contributed by atoms with Gasteiger partial charge in [0.15, 0.2) is 0 Å². The van der Waals surface area contributed by atoms with Crippen LogP contribution in [0.15, 0.2) is 41.4 Å². The van der Waals surface area contributed by atoms with Crippen LogP contribution >= 0.6 is 0 Å². The molecule has 2 atom stereocenters. The predicted molar refractivity (Wildman–Crippen MR) is 83.8 cm³/mol. The van der Waals surface area contributed by atoms with E-state index < -0.39 is 27.9 Å². The van der Waals surface area contributed by atoms with Crippen LogP contribution in [-0.4, -0.2) is 30.1 Å². The van der Waals surface area contributed by atoms with Crippen LogP contribution in [0.2, 0.25) is 0 Å². The summed E-state index contributed by atoms with van der Waals surface area (Å²) in [5.74, 6) is -0.777. The van der Waals surface area contributed by atoms with Crippen molar-refractivity contribution < 1.29 is 17.6 Å². The van der Waals surface area contributed by atoms with Gasteiger partial charge in [0, 0.05) is 25.7 Å². The lowest BCUT2D eigenvalue weighted by Crippen LogP contribution is -2.50. The molecule has 2 heterocycles. The Bertz CT molecular complexity index is 865. The average molecular weight is 352 g/mol. The summed E-state index contributed by atoms with van der Waals surface area (Å²) in [4.78, 5) is 11.6. The molecule has 1 amide bonds. The van der Waals surface area contributed by atoms with Crippen LogP contribution in [0.1, 0.15) is 24.6 Å². The molecule has 0 bridgehead atoms. The Balaban J connectivity index is 1.89. The van der Waals surface area contributed by atoms with Crippen molar-refractivity contribution in [1.82, 2.24) is 19.8 Å². The van der Waals surface area contributed by atoms with Gasteiger partial charge in [-0.3, -0.25) is 9.48 Å². The highest BCUT2D eigenvalue weighted by molar-refractivity contribution is 7.89. The van der Waals surface area contributed by atoms with E-state index >= 15 is 0 Å². The zero-order valence-electron chi connectivity index (χ0n) is 12.9. The third kappa shape index (κ3) is 3.31. The zero-order chi connectivity index (χ0) is 17.3. The third-order valence-electron chi connectivity index (χ3n) is 3.99. The fourth-order valence-electron chi connectivity index (χ4n) is 2.80. The minimum atomic E-state index is -3.91. The van der Waals surface area contributed by atoms with Crippen LogP contribution in [0.3, 0.4) is 0 Å². The Hall–Kier alpha value is -2.26. The molecular formula is C15H17FN4O3S. The third-order valence-corrected chi connectivity index (χ3v) is 5.48. The van der Waals surface area contributed by atoms with Gasteiger partial charge in [0.05, 0.1) is 16.6 Å². The van der Waals surface area contributed by atoms with Crippen molar-refractivity contribution in [3.05, 3.63) is 48.0 Å². The van der Waals surface area contributed by atoms with E-state index in [9.17, 15) is 17.6 Å². The second-order valence-corrected chi connectivity index (χ2v) is 7.36. The lowest BCUT2D eigenvalue weighted by Gasteiger charge is -2.32. The fraction of sp³-hybridized carbons (Fsp3) is 0.333. The van der Waals surface area contributed by atoms with Crippen LogP contribution in [-0.2, 0) is 21.9 Å². The largest absolute Gasteiger partial charge is 0.346 e. The number of nitrogens with zero attached hydrogens (tertiary/aromatic N) is 2. The number of aryl methyl sites for hydroxylation is 1. The van der Waals surface area contributed by atoms with Crippen LogP contribution in [0.5, 0.6) is 0 Å². The number of carbonyl (C=O) groups is 1. The molecule has 24 heavy (non-hydrogen) atoms. The molecule has 2 N–H and O–H groups in total. The van der Waals surface area contributed by atoms with Crippen molar-refractivity contribution >= 4 is 15.9 Å². The molecule has 9 heteroatoms. The summed E-state index contributed by atoms with van der Waals surface area (Å²) in [5.41, 5.74) is 0.690. The molecule has 1 aliphatic rings. The van der Waals surface area contributed by atoms with Gasteiger partial charge in [0.2, 0.25) is 15.9 Å². The first-order valence-corrected chi connectivity index (χ1v) is 8.90. The molecular weight excluding hydrogens is 335 g/mol. The molecule has 1 fully saturated rings. The fourth-order valence-corrected chi connectivity index (χ4v) is 4.11. The molecule has 0 aliphatic carbocycles. The molecule has 0 unspecified atom stereocenters. The molecule has 2 aromatic rings. The normalized spacial score (nSPS) is 21.5. The number of benzene rings is 1. The highest BCUT2D eigenvalue weighted by atomic mass is 32.2. The molecule has 1 saturated heterocycles. The molecule has 7 nitrogen and oxygen atoms in total. The van der Waals surface area contributed by atoms with E-state index in [1.807, 2.05) is 0 Å². The van der Waals surface area contributed by atoms with Crippen LogP contribution < -0.4 is 10.0 Å². The van der Waals surface area contributed by atoms with Crippen LogP contribution in [0, 0.1) is 5.82 Å². The van der Waals surface area contributed by atoms with Gasteiger partial charge >= 0.3 is 0 Å². The van der Waals surface area contributed by atoms with E-state index in [4.69, 9.17) is 0 Å². The monoisotopic (exact) mass is 352 g/mol. The minimum Gasteiger partial charge on any atom is -0.346 e. The van der Waals surface area contributed by atoms with Crippen molar-refractivity contribution in [3.63, 3.8) is 0 Å². The summed E-state index contributed by atoms with van der Waals surface area (Å²) in [6.07, 6.45) is 2.13. The maximum atomic E-state index is 13.3. The topological polar surface area (TPSA) is 93.1 Å². The lowest BCUT2D eigenvalue weighted by molar-refractivity contribution is -0.123. The van der Waals surface area contributed by atoms with Gasteiger partial charge in [-0.25, -0.2) is 17.5 Å². The maximum absolute atomic E-state index is 13.3. The Labute approximate surface area is 138 Å². The number of rotatable bonds is 4.